The van der Waals surface area contributed by atoms with Gasteiger partial charge >= 0.3 is 5.97 Å². The zero-order chi connectivity index (χ0) is 19.9. The minimum absolute atomic E-state index is 0.0293. The molecule has 0 radical (unpaired) electrons. The van der Waals surface area contributed by atoms with Gasteiger partial charge in [0.15, 0.2) is 9.84 Å². The van der Waals surface area contributed by atoms with E-state index in [2.05, 4.69) is 0 Å². The molecule has 7 heteroatoms. The molecule has 0 atom stereocenters. The van der Waals surface area contributed by atoms with E-state index in [0.717, 1.165) is 11.8 Å². The molecular weight excluding hydrogens is 366 g/mol. The molecule has 0 saturated heterocycles. The third-order valence-corrected chi connectivity index (χ3v) is 5.30. The first-order valence-corrected chi connectivity index (χ1v) is 10.5. The Kier molecular flexibility index (Phi) is 7.12. The molecule has 0 saturated carbocycles. The van der Waals surface area contributed by atoms with Gasteiger partial charge in [0.05, 0.1) is 11.3 Å². The lowest BCUT2D eigenvalue weighted by Gasteiger charge is -2.23. The number of hydrogen-bond acceptors (Lipinski definition) is 4. The van der Waals surface area contributed by atoms with Gasteiger partial charge in [0.2, 0.25) is 5.91 Å². The van der Waals surface area contributed by atoms with Crippen LogP contribution >= 0.6 is 0 Å². The fourth-order valence-electron chi connectivity index (χ4n) is 2.80. The Morgan fingerprint density at radius 3 is 2.26 bits per heavy atom. The minimum atomic E-state index is -3.44. The number of hydrogen-bond donors (Lipinski definition) is 1. The van der Waals surface area contributed by atoms with Crippen molar-refractivity contribution in [2.75, 3.05) is 12.8 Å². The van der Waals surface area contributed by atoms with Crippen LogP contribution < -0.4 is 0 Å². The predicted octanol–water partition coefficient (Wildman–Crippen LogP) is 2.53. The van der Waals surface area contributed by atoms with Gasteiger partial charge in [-0.05, 0) is 23.6 Å². The molecule has 2 aromatic rings. The third-order valence-electron chi connectivity index (χ3n) is 4.10. The number of rotatable bonds is 9. The van der Waals surface area contributed by atoms with Crippen LogP contribution in [0.1, 0.15) is 24.0 Å². The lowest BCUT2D eigenvalue weighted by Crippen LogP contribution is -2.33. The van der Waals surface area contributed by atoms with Gasteiger partial charge in [-0.3, -0.25) is 9.59 Å². The summed E-state index contributed by atoms with van der Waals surface area (Å²) in [4.78, 5) is 25.4. The summed E-state index contributed by atoms with van der Waals surface area (Å²) >= 11 is 0. The molecule has 0 fully saturated rings. The molecule has 0 heterocycles. The Bertz CT molecular complexity index is 894. The lowest BCUT2D eigenvalue weighted by molar-refractivity contribution is -0.138. The summed E-state index contributed by atoms with van der Waals surface area (Å²) in [5, 5.41) is 8.85. The number of carbonyl (C=O) groups is 2. The molecule has 0 spiro atoms. The molecule has 144 valence electrons. The molecule has 6 nitrogen and oxygen atoms in total. The number of carboxylic acids is 1. The fraction of sp³-hybridized carbons (Fsp3) is 0.300. The summed E-state index contributed by atoms with van der Waals surface area (Å²) in [7, 11) is -3.44. The van der Waals surface area contributed by atoms with Crippen molar-refractivity contribution in [3.05, 3.63) is 65.7 Å². The quantitative estimate of drug-likeness (QED) is 0.711. The fourth-order valence-corrected chi connectivity index (χ4v) is 3.75. The summed E-state index contributed by atoms with van der Waals surface area (Å²) in [6, 6.07) is 15.8. The highest BCUT2D eigenvalue weighted by Crippen LogP contribution is 2.17. The Morgan fingerprint density at radius 2 is 1.63 bits per heavy atom. The van der Waals surface area contributed by atoms with Crippen molar-refractivity contribution < 1.29 is 23.1 Å². The second kappa shape index (κ2) is 9.32. The Balaban J connectivity index is 2.19. The van der Waals surface area contributed by atoms with Crippen LogP contribution in [0.3, 0.4) is 0 Å². The van der Waals surface area contributed by atoms with E-state index in [4.69, 9.17) is 5.11 Å². The van der Waals surface area contributed by atoms with Crippen LogP contribution in [-0.4, -0.2) is 43.1 Å². The van der Waals surface area contributed by atoms with E-state index < -0.39 is 15.8 Å². The highest BCUT2D eigenvalue weighted by Gasteiger charge is 2.19. The van der Waals surface area contributed by atoms with Gasteiger partial charge < -0.3 is 10.0 Å². The predicted molar refractivity (Wildman–Crippen MR) is 102 cm³/mol. The summed E-state index contributed by atoms with van der Waals surface area (Å²) in [5.41, 5.74) is 1.37. The standard InChI is InChI=1S/C20H23NO5S/c1-27(25,26)18-11-6-5-10-17(18)14-19(22)21(13-7-12-20(23)24)15-16-8-3-2-4-9-16/h2-6,8-11H,7,12-15H2,1H3,(H,23,24). The van der Waals surface area contributed by atoms with E-state index in [1.807, 2.05) is 30.3 Å². The molecule has 1 N–H and O–H groups in total. The van der Waals surface area contributed by atoms with Crippen molar-refractivity contribution in [3.8, 4) is 0 Å². The number of carboxylic acid groups (broad SMARTS) is 1. The molecule has 0 aliphatic rings. The van der Waals surface area contributed by atoms with Crippen molar-refractivity contribution in [2.24, 2.45) is 0 Å². The SMILES string of the molecule is CS(=O)(=O)c1ccccc1CC(=O)N(CCCC(=O)O)Cc1ccccc1. The van der Waals surface area contributed by atoms with E-state index in [1.54, 1.807) is 23.1 Å². The van der Waals surface area contributed by atoms with Gasteiger partial charge in [-0.25, -0.2) is 8.42 Å². The van der Waals surface area contributed by atoms with Crippen LogP contribution in [-0.2, 0) is 32.4 Å². The molecular formula is C20H23NO5S. The van der Waals surface area contributed by atoms with Crippen molar-refractivity contribution in [1.29, 1.82) is 0 Å². The number of carbonyl (C=O) groups excluding carboxylic acids is 1. The van der Waals surface area contributed by atoms with Crippen LogP contribution in [0.25, 0.3) is 0 Å². The molecule has 2 aromatic carbocycles. The maximum atomic E-state index is 12.9. The van der Waals surface area contributed by atoms with Crippen molar-refractivity contribution in [2.45, 2.75) is 30.7 Å². The first-order chi connectivity index (χ1) is 12.8. The second-order valence-electron chi connectivity index (χ2n) is 6.35. The molecule has 0 aliphatic carbocycles. The van der Waals surface area contributed by atoms with Gasteiger partial charge in [0, 0.05) is 25.8 Å². The smallest absolute Gasteiger partial charge is 0.303 e. The van der Waals surface area contributed by atoms with Gasteiger partial charge in [-0.2, -0.15) is 0 Å². The highest BCUT2D eigenvalue weighted by atomic mass is 32.2. The minimum Gasteiger partial charge on any atom is -0.481 e. The highest BCUT2D eigenvalue weighted by molar-refractivity contribution is 7.90. The molecule has 0 unspecified atom stereocenters. The molecule has 1 amide bonds. The number of sulfone groups is 1. The van der Waals surface area contributed by atoms with E-state index in [1.165, 1.54) is 6.07 Å². The molecule has 0 aliphatic heterocycles. The average Bonchev–Trinajstić information content (AvgIpc) is 2.61. The molecule has 0 bridgehead atoms. The van der Waals surface area contributed by atoms with Gasteiger partial charge in [0.1, 0.15) is 0 Å². The molecule has 27 heavy (non-hydrogen) atoms. The van der Waals surface area contributed by atoms with Crippen molar-refractivity contribution in [1.82, 2.24) is 4.90 Å². The maximum absolute atomic E-state index is 12.9. The summed E-state index contributed by atoms with van der Waals surface area (Å²) < 4.78 is 23.9. The zero-order valence-electron chi connectivity index (χ0n) is 15.2. The first-order valence-electron chi connectivity index (χ1n) is 8.59. The van der Waals surface area contributed by atoms with Crippen LogP contribution in [0.2, 0.25) is 0 Å². The monoisotopic (exact) mass is 389 g/mol. The third kappa shape index (κ3) is 6.53. The van der Waals surface area contributed by atoms with Crippen LogP contribution in [0.4, 0.5) is 0 Å². The van der Waals surface area contributed by atoms with Crippen molar-refractivity contribution >= 4 is 21.7 Å². The second-order valence-corrected chi connectivity index (χ2v) is 8.34. The summed E-state index contributed by atoms with van der Waals surface area (Å²) in [6.07, 6.45) is 1.37. The average molecular weight is 389 g/mol. The Hall–Kier alpha value is -2.67. The molecule has 0 aromatic heterocycles. The van der Waals surface area contributed by atoms with Crippen LogP contribution in [0, 0.1) is 0 Å². The van der Waals surface area contributed by atoms with Crippen LogP contribution in [0.5, 0.6) is 0 Å². The van der Waals surface area contributed by atoms with Gasteiger partial charge in [0.25, 0.3) is 0 Å². The lowest BCUT2D eigenvalue weighted by atomic mass is 10.1. The van der Waals surface area contributed by atoms with E-state index >= 15 is 0 Å². The van der Waals surface area contributed by atoms with E-state index in [9.17, 15) is 18.0 Å². The largest absolute Gasteiger partial charge is 0.481 e. The number of nitrogens with zero attached hydrogens (tertiary/aromatic N) is 1. The Morgan fingerprint density at radius 1 is 1.00 bits per heavy atom. The zero-order valence-corrected chi connectivity index (χ0v) is 16.0. The normalized spacial score (nSPS) is 11.1. The van der Waals surface area contributed by atoms with Gasteiger partial charge in [-0.15, -0.1) is 0 Å². The maximum Gasteiger partial charge on any atom is 0.303 e. The number of benzene rings is 2. The Labute approximate surface area is 159 Å². The van der Waals surface area contributed by atoms with Crippen LogP contribution in [0.15, 0.2) is 59.5 Å². The first kappa shape index (κ1) is 20.6. The topological polar surface area (TPSA) is 91.8 Å². The summed E-state index contributed by atoms with van der Waals surface area (Å²) in [6.45, 7) is 0.640. The summed E-state index contributed by atoms with van der Waals surface area (Å²) in [5.74, 6) is -1.15. The number of amides is 1. The molecule has 2 rings (SSSR count). The number of aliphatic carboxylic acids is 1. The van der Waals surface area contributed by atoms with Gasteiger partial charge in [-0.1, -0.05) is 48.5 Å². The van der Waals surface area contributed by atoms with E-state index in [-0.39, 0.29) is 23.6 Å². The van der Waals surface area contributed by atoms with Crippen molar-refractivity contribution in [3.63, 3.8) is 0 Å². The van der Waals surface area contributed by atoms with E-state index in [0.29, 0.717) is 25.1 Å².